The van der Waals surface area contributed by atoms with Crippen molar-refractivity contribution < 1.29 is 9.85 Å². The summed E-state index contributed by atoms with van der Waals surface area (Å²) >= 11 is 0. The van der Waals surface area contributed by atoms with Gasteiger partial charge in [0.1, 0.15) is 0 Å². The van der Waals surface area contributed by atoms with Crippen molar-refractivity contribution in [1.29, 1.82) is 0 Å². The summed E-state index contributed by atoms with van der Waals surface area (Å²) in [6, 6.07) is 10.5. The van der Waals surface area contributed by atoms with Crippen molar-refractivity contribution >= 4 is 11.4 Å². The second-order valence-corrected chi connectivity index (χ2v) is 4.06. The zero-order chi connectivity index (χ0) is 14.0. The van der Waals surface area contributed by atoms with E-state index in [1.54, 1.807) is 25.1 Å². The Morgan fingerprint density at radius 3 is 2.16 bits per heavy atom. The SMILES string of the molecule is Cc1ccc([N+](=O)[O-])cc1-c1cccc([N+](=O)[O-])c1. The van der Waals surface area contributed by atoms with Gasteiger partial charge < -0.3 is 0 Å². The normalized spacial score (nSPS) is 10.2. The lowest BCUT2D eigenvalue weighted by Crippen LogP contribution is -1.92. The van der Waals surface area contributed by atoms with Gasteiger partial charge in [-0.1, -0.05) is 18.2 Å². The lowest BCUT2D eigenvalue weighted by atomic mass is 9.99. The first-order chi connectivity index (χ1) is 8.99. The number of hydrogen-bond acceptors (Lipinski definition) is 4. The minimum absolute atomic E-state index is 0.0351. The third-order valence-corrected chi connectivity index (χ3v) is 2.80. The first-order valence-electron chi connectivity index (χ1n) is 5.49. The summed E-state index contributed by atoms with van der Waals surface area (Å²) in [5.41, 5.74) is 1.97. The molecule has 6 heteroatoms. The van der Waals surface area contributed by atoms with Gasteiger partial charge in [-0.25, -0.2) is 0 Å². The Morgan fingerprint density at radius 1 is 0.895 bits per heavy atom. The molecule has 0 aliphatic carbocycles. The van der Waals surface area contributed by atoms with Crippen LogP contribution in [-0.2, 0) is 0 Å². The summed E-state index contributed by atoms with van der Waals surface area (Å²) in [7, 11) is 0. The molecule has 0 aliphatic heterocycles. The topological polar surface area (TPSA) is 86.3 Å². The molecule has 0 saturated carbocycles. The molecule has 0 aliphatic rings. The third-order valence-electron chi connectivity index (χ3n) is 2.80. The Hall–Kier alpha value is -2.76. The monoisotopic (exact) mass is 258 g/mol. The van der Waals surface area contributed by atoms with Gasteiger partial charge in [0.05, 0.1) is 9.85 Å². The van der Waals surface area contributed by atoms with Gasteiger partial charge in [-0.2, -0.15) is 0 Å². The Balaban J connectivity index is 2.57. The highest BCUT2D eigenvalue weighted by molar-refractivity contribution is 5.71. The minimum Gasteiger partial charge on any atom is -0.258 e. The average molecular weight is 258 g/mol. The minimum atomic E-state index is -0.490. The van der Waals surface area contributed by atoms with Crippen molar-refractivity contribution in [1.82, 2.24) is 0 Å². The number of non-ortho nitro benzene ring substituents is 2. The fourth-order valence-corrected chi connectivity index (χ4v) is 1.82. The van der Waals surface area contributed by atoms with E-state index in [0.717, 1.165) is 5.56 Å². The number of nitrogens with zero attached hydrogens (tertiary/aromatic N) is 2. The van der Waals surface area contributed by atoms with E-state index in [1.807, 2.05) is 0 Å². The molecule has 2 rings (SSSR count). The largest absolute Gasteiger partial charge is 0.270 e. The van der Waals surface area contributed by atoms with Crippen molar-refractivity contribution in [3.63, 3.8) is 0 Å². The smallest absolute Gasteiger partial charge is 0.258 e. The molecule has 0 atom stereocenters. The second kappa shape index (κ2) is 4.85. The fourth-order valence-electron chi connectivity index (χ4n) is 1.82. The summed E-state index contributed by atoms with van der Waals surface area (Å²) in [6.45, 7) is 1.80. The molecule has 2 aromatic rings. The predicted octanol–water partition coefficient (Wildman–Crippen LogP) is 3.48. The fraction of sp³-hybridized carbons (Fsp3) is 0.0769. The maximum atomic E-state index is 10.8. The second-order valence-electron chi connectivity index (χ2n) is 4.06. The Morgan fingerprint density at radius 2 is 1.53 bits per heavy atom. The molecule has 0 radical (unpaired) electrons. The predicted molar refractivity (Wildman–Crippen MR) is 69.9 cm³/mol. The molecule has 2 aromatic carbocycles. The van der Waals surface area contributed by atoms with Crippen LogP contribution < -0.4 is 0 Å². The maximum absolute atomic E-state index is 10.8. The number of nitro groups is 2. The molecule has 0 saturated heterocycles. The molecule has 0 aromatic heterocycles. The number of nitro benzene ring substituents is 2. The van der Waals surface area contributed by atoms with Crippen molar-refractivity contribution in [2.24, 2.45) is 0 Å². The van der Waals surface area contributed by atoms with Crippen LogP contribution in [0.15, 0.2) is 42.5 Å². The summed E-state index contributed by atoms with van der Waals surface area (Å²) in [5, 5.41) is 21.5. The van der Waals surface area contributed by atoms with Crippen LogP contribution >= 0.6 is 0 Å². The molecule has 0 N–H and O–H groups in total. The molecule has 0 heterocycles. The van der Waals surface area contributed by atoms with E-state index in [1.165, 1.54) is 24.3 Å². The highest BCUT2D eigenvalue weighted by Crippen LogP contribution is 2.29. The van der Waals surface area contributed by atoms with E-state index < -0.39 is 9.85 Å². The molecule has 0 fully saturated rings. The Labute approximate surface area is 108 Å². The number of benzene rings is 2. The first-order valence-corrected chi connectivity index (χ1v) is 5.49. The molecular formula is C13H10N2O4. The molecule has 6 nitrogen and oxygen atoms in total. The van der Waals surface area contributed by atoms with E-state index in [9.17, 15) is 20.2 Å². The average Bonchev–Trinajstić information content (AvgIpc) is 2.39. The van der Waals surface area contributed by atoms with Crippen LogP contribution in [-0.4, -0.2) is 9.85 Å². The van der Waals surface area contributed by atoms with E-state index in [2.05, 4.69) is 0 Å². The standard InChI is InChI=1S/C13H10N2O4/c1-9-5-6-12(15(18)19)8-13(9)10-3-2-4-11(7-10)14(16)17/h2-8H,1H3. The summed E-state index contributed by atoms with van der Waals surface area (Å²) < 4.78 is 0. The number of aryl methyl sites for hydroxylation is 1. The third kappa shape index (κ3) is 2.57. The van der Waals surface area contributed by atoms with Crippen LogP contribution in [0.5, 0.6) is 0 Å². The molecule has 0 bridgehead atoms. The zero-order valence-corrected chi connectivity index (χ0v) is 10.1. The highest BCUT2D eigenvalue weighted by Gasteiger charge is 2.12. The highest BCUT2D eigenvalue weighted by atomic mass is 16.6. The summed E-state index contributed by atoms with van der Waals surface area (Å²) in [5.74, 6) is 0. The molecule has 96 valence electrons. The Kier molecular flexibility index (Phi) is 3.24. The van der Waals surface area contributed by atoms with Gasteiger partial charge in [0, 0.05) is 24.3 Å². The summed E-state index contributed by atoms with van der Waals surface area (Å²) in [4.78, 5) is 20.5. The first kappa shape index (κ1) is 12.7. The van der Waals surface area contributed by atoms with Gasteiger partial charge in [-0.15, -0.1) is 0 Å². The van der Waals surface area contributed by atoms with Crippen LogP contribution in [0.3, 0.4) is 0 Å². The van der Waals surface area contributed by atoms with Gasteiger partial charge in [0.2, 0.25) is 0 Å². The quantitative estimate of drug-likeness (QED) is 0.622. The van der Waals surface area contributed by atoms with Gasteiger partial charge >= 0.3 is 0 Å². The van der Waals surface area contributed by atoms with Crippen LogP contribution in [0.1, 0.15) is 5.56 Å². The van der Waals surface area contributed by atoms with Crippen molar-refractivity contribution in [2.75, 3.05) is 0 Å². The molecule has 0 unspecified atom stereocenters. The number of hydrogen-bond donors (Lipinski definition) is 0. The lowest BCUT2D eigenvalue weighted by Gasteiger charge is -2.05. The van der Waals surface area contributed by atoms with E-state index in [-0.39, 0.29) is 11.4 Å². The van der Waals surface area contributed by atoms with Gasteiger partial charge in [-0.3, -0.25) is 20.2 Å². The molecule has 0 amide bonds. The van der Waals surface area contributed by atoms with Crippen LogP contribution in [0.4, 0.5) is 11.4 Å². The van der Waals surface area contributed by atoms with Gasteiger partial charge in [-0.05, 0) is 23.6 Å². The van der Waals surface area contributed by atoms with E-state index in [4.69, 9.17) is 0 Å². The Bertz CT molecular complexity index is 667. The summed E-state index contributed by atoms with van der Waals surface area (Å²) in [6.07, 6.45) is 0. The van der Waals surface area contributed by atoms with Crippen LogP contribution in [0, 0.1) is 27.2 Å². The van der Waals surface area contributed by atoms with E-state index >= 15 is 0 Å². The molecule has 19 heavy (non-hydrogen) atoms. The van der Waals surface area contributed by atoms with Crippen molar-refractivity contribution in [2.45, 2.75) is 6.92 Å². The van der Waals surface area contributed by atoms with E-state index in [0.29, 0.717) is 11.1 Å². The van der Waals surface area contributed by atoms with Crippen LogP contribution in [0.2, 0.25) is 0 Å². The van der Waals surface area contributed by atoms with Crippen molar-refractivity contribution in [3.8, 4) is 11.1 Å². The lowest BCUT2D eigenvalue weighted by molar-refractivity contribution is -0.385. The molecular weight excluding hydrogens is 248 g/mol. The van der Waals surface area contributed by atoms with Crippen LogP contribution in [0.25, 0.3) is 11.1 Å². The maximum Gasteiger partial charge on any atom is 0.270 e. The van der Waals surface area contributed by atoms with Gasteiger partial charge in [0.25, 0.3) is 11.4 Å². The van der Waals surface area contributed by atoms with Crippen molar-refractivity contribution in [3.05, 3.63) is 68.3 Å². The van der Waals surface area contributed by atoms with Gasteiger partial charge in [0.15, 0.2) is 0 Å². The zero-order valence-electron chi connectivity index (χ0n) is 10.1. The molecule has 0 spiro atoms. The number of rotatable bonds is 3.